The standard InChI is InChI=1S/C13H20N2O4S/c1-9-7-10(20(14,17)18)5-6-11(9)12(16)15-13(2,3)8-19-4/h5-7H,8H2,1-4H3,(H,15,16)(H2,14,17,18). The molecular weight excluding hydrogens is 280 g/mol. The molecule has 0 saturated heterocycles. The Morgan fingerprint density at radius 2 is 2.00 bits per heavy atom. The lowest BCUT2D eigenvalue weighted by atomic mass is 10.0. The third kappa shape index (κ3) is 4.29. The van der Waals surface area contributed by atoms with Gasteiger partial charge in [0.2, 0.25) is 10.0 Å². The van der Waals surface area contributed by atoms with Gasteiger partial charge >= 0.3 is 0 Å². The second-order valence-electron chi connectivity index (χ2n) is 5.29. The third-order valence-electron chi connectivity index (χ3n) is 2.73. The fourth-order valence-electron chi connectivity index (χ4n) is 1.84. The van der Waals surface area contributed by atoms with E-state index in [1.807, 2.05) is 13.8 Å². The van der Waals surface area contributed by atoms with Gasteiger partial charge in [-0.25, -0.2) is 13.6 Å². The smallest absolute Gasteiger partial charge is 0.252 e. The third-order valence-corrected chi connectivity index (χ3v) is 3.64. The fraction of sp³-hybridized carbons (Fsp3) is 0.462. The van der Waals surface area contributed by atoms with Gasteiger partial charge in [-0.05, 0) is 44.5 Å². The van der Waals surface area contributed by atoms with E-state index in [0.717, 1.165) is 0 Å². The van der Waals surface area contributed by atoms with Crippen molar-refractivity contribution in [3.8, 4) is 0 Å². The molecule has 0 aliphatic heterocycles. The molecule has 0 aliphatic rings. The highest BCUT2D eigenvalue weighted by molar-refractivity contribution is 7.89. The minimum Gasteiger partial charge on any atom is -0.382 e. The van der Waals surface area contributed by atoms with Gasteiger partial charge in [0.15, 0.2) is 0 Å². The molecule has 1 rings (SSSR count). The Kier molecular flexibility index (Phi) is 4.90. The number of sulfonamides is 1. The van der Waals surface area contributed by atoms with Gasteiger partial charge in [-0.15, -0.1) is 0 Å². The van der Waals surface area contributed by atoms with Crippen molar-refractivity contribution in [3.63, 3.8) is 0 Å². The number of nitrogens with two attached hydrogens (primary N) is 1. The molecule has 0 heterocycles. The number of primary sulfonamides is 1. The van der Waals surface area contributed by atoms with Gasteiger partial charge < -0.3 is 10.1 Å². The van der Waals surface area contributed by atoms with Crippen molar-refractivity contribution in [3.05, 3.63) is 29.3 Å². The molecule has 0 aliphatic carbocycles. The van der Waals surface area contributed by atoms with E-state index in [1.165, 1.54) is 18.2 Å². The number of amides is 1. The lowest BCUT2D eigenvalue weighted by Gasteiger charge is -2.25. The number of methoxy groups -OCH3 is 1. The molecule has 0 bridgehead atoms. The minimum atomic E-state index is -3.76. The van der Waals surface area contributed by atoms with Crippen molar-refractivity contribution in [2.75, 3.05) is 13.7 Å². The van der Waals surface area contributed by atoms with Crippen molar-refractivity contribution in [2.24, 2.45) is 5.14 Å². The second kappa shape index (κ2) is 5.90. The molecule has 0 spiro atoms. The predicted molar refractivity (Wildman–Crippen MR) is 76.0 cm³/mol. The molecule has 1 aromatic carbocycles. The Balaban J connectivity index is 3.01. The Morgan fingerprint density at radius 3 is 2.45 bits per heavy atom. The Hall–Kier alpha value is -1.44. The highest BCUT2D eigenvalue weighted by atomic mass is 32.2. The average Bonchev–Trinajstić information content (AvgIpc) is 2.26. The van der Waals surface area contributed by atoms with E-state index in [4.69, 9.17) is 9.88 Å². The van der Waals surface area contributed by atoms with E-state index in [0.29, 0.717) is 17.7 Å². The molecule has 0 saturated carbocycles. The molecule has 3 N–H and O–H groups in total. The molecule has 6 nitrogen and oxygen atoms in total. The van der Waals surface area contributed by atoms with Crippen LogP contribution in [0.4, 0.5) is 0 Å². The molecule has 0 fully saturated rings. The number of carbonyl (C=O) groups excluding carboxylic acids is 1. The zero-order valence-corrected chi connectivity index (χ0v) is 12.9. The van der Waals surface area contributed by atoms with Gasteiger partial charge in [0.1, 0.15) is 0 Å². The first-order chi connectivity index (χ1) is 9.07. The Bertz CT molecular complexity index is 609. The van der Waals surface area contributed by atoms with Gasteiger partial charge in [-0.2, -0.15) is 0 Å². The molecule has 1 amide bonds. The zero-order chi connectivity index (χ0) is 15.6. The first-order valence-electron chi connectivity index (χ1n) is 6.02. The molecule has 0 aromatic heterocycles. The molecule has 0 radical (unpaired) electrons. The highest BCUT2D eigenvalue weighted by Gasteiger charge is 2.22. The van der Waals surface area contributed by atoms with Crippen LogP contribution in [0.2, 0.25) is 0 Å². The number of carbonyl (C=O) groups is 1. The normalized spacial score (nSPS) is 12.2. The molecule has 1 aromatic rings. The number of ether oxygens (including phenoxy) is 1. The summed E-state index contributed by atoms with van der Waals surface area (Å²) in [5.74, 6) is -0.287. The van der Waals surface area contributed by atoms with E-state index in [9.17, 15) is 13.2 Å². The summed E-state index contributed by atoms with van der Waals surface area (Å²) in [7, 11) is -2.21. The number of hydrogen-bond donors (Lipinski definition) is 2. The summed E-state index contributed by atoms with van der Waals surface area (Å²) in [6.45, 7) is 5.70. The summed E-state index contributed by atoms with van der Waals surface area (Å²) in [6, 6.07) is 4.15. The Morgan fingerprint density at radius 1 is 1.40 bits per heavy atom. The molecular formula is C13H20N2O4S. The quantitative estimate of drug-likeness (QED) is 0.840. The van der Waals surface area contributed by atoms with Crippen molar-refractivity contribution in [1.82, 2.24) is 5.32 Å². The highest BCUT2D eigenvalue weighted by Crippen LogP contribution is 2.15. The van der Waals surface area contributed by atoms with Crippen molar-refractivity contribution in [2.45, 2.75) is 31.2 Å². The molecule has 0 unspecified atom stereocenters. The maximum Gasteiger partial charge on any atom is 0.252 e. The predicted octanol–water partition coefficient (Wildman–Crippen LogP) is 0.797. The first-order valence-corrected chi connectivity index (χ1v) is 7.56. The van der Waals surface area contributed by atoms with Crippen LogP contribution in [-0.2, 0) is 14.8 Å². The summed E-state index contributed by atoms with van der Waals surface area (Å²) in [5.41, 5.74) is 0.431. The molecule has 7 heteroatoms. The number of nitrogens with one attached hydrogen (secondary N) is 1. The lowest BCUT2D eigenvalue weighted by molar-refractivity contribution is 0.0819. The number of aryl methyl sites for hydroxylation is 1. The van der Waals surface area contributed by atoms with Gasteiger partial charge in [0.25, 0.3) is 5.91 Å². The lowest BCUT2D eigenvalue weighted by Crippen LogP contribution is -2.46. The minimum absolute atomic E-state index is 0.0114. The van der Waals surface area contributed by atoms with Crippen LogP contribution in [-0.4, -0.2) is 33.6 Å². The van der Waals surface area contributed by atoms with Gasteiger partial charge in [0, 0.05) is 12.7 Å². The van der Waals surface area contributed by atoms with Gasteiger partial charge in [-0.1, -0.05) is 0 Å². The summed E-state index contributed by atoms with van der Waals surface area (Å²) in [5, 5.41) is 7.88. The molecule has 112 valence electrons. The summed E-state index contributed by atoms with van der Waals surface area (Å²) >= 11 is 0. The summed E-state index contributed by atoms with van der Waals surface area (Å²) in [6.07, 6.45) is 0. The van der Waals surface area contributed by atoms with Crippen LogP contribution in [0, 0.1) is 6.92 Å². The Labute approximate surface area is 119 Å². The SMILES string of the molecule is COCC(C)(C)NC(=O)c1ccc(S(N)(=O)=O)cc1C. The van der Waals surface area contributed by atoms with Crippen LogP contribution in [0.3, 0.4) is 0 Å². The monoisotopic (exact) mass is 300 g/mol. The van der Waals surface area contributed by atoms with E-state index in [-0.39, 0.29) is 10.8 Å². The van der Waals surface area contributed by atoms with Crippen LogP contribution in [0.15, 0.2) is 23.1 Å². The van der Waals surface area contributed by atoms with Crippen LogP contribution in [0.1, 0.15) is 29.8 Å². The van der Waals surface area contributed by atoms with E-state index in [2.05, 4.69) is 5.32 Å². The maximum absolute atomic E-state index is 12.2. The zero-order valence-electron chi connectivity index (χ0n) is 12.1. The van der Waals surface area contributed by atoms with Crippen LogP contribution < -0.4 is 10.5 Å². The second-order valence-corrected chi connectivity index (χ2v) is 6.85. The van der Waals surface area contributed by atoms with Crippen molar-refractivity contribution >= 4 is 15.9 Å². The summed E-state index contributed by atoms with van der Waals surface area (Å²) in [4.78, 5) is 12.2. The van der Waals surface area contributed by atoms with Gasteiger partial charge in [0.05, 0.1) is 17.0 Å². The first kappa shape index (κ1) is 16.6. The number of benzene rings is 1. The topological polar surface area (TPSA) is 98.5 Å². The van der Waals surface area contributed by atoms with E-state index >= 15 is 0 Å². The number of hydrogen-bond acceptors (Lipinski definition) is 4. The van der Waals surface area contributed by atoms with Crippen LogP contribution in [0.5, 0.6) is 0 Å². The van der Waals surface area contributed by atoms with Gasteiger partial charge in [-0.3, -0.25) is 4.79 Å². The van der Waals surface area contributed by atoms with Crippen LogP contribution >= 0.6 is 0 Å². The molecule has 20 heavy (non-hydrogen) atoms. The summed E-state index contributed by atoms with van der Waals surface area (Å²) < 4.78 is 27.5. The van der Waals surface area contributed by atoms with Crippen molar-refractivity contribution < 1.29 is 17.9 Å². The molecule has 0 atom stereocenters. The average molecular weight is 300 g/mol. The van der Waals surface area contributed by atoms with E-state index in [1.54, 1.807) is 14.0 Å². The number of rotatable bonds is 5. The van der Waals surface area contributed by atoms with Crippen molar-refractivity contribution in [1.29, 1.82) is 0 Å². The van der Waals surface area contributed by atoms with Crippen LogP contribution in [0.25, 0.3) is 0 Å². The van der Waals surface area contributed by atoms with E-state index < -0.39 is 15.6 Å². The maximum atomic E-state index is 12.2. The largest absolute Gasteiger partial charge is 0.382 e. The fourth-order valence-corrected chi connectivity index (χ4v) is 2.44.